The summed E-state index contributed by atoms with van der Waals surface area (Å²) in [4.78, 5) is 14.1. The highest BCUT2D eigenvalue weighted by atomic mass is 16.4. The van der Waals surface area contributed by atoms with E-state index in [-0.39, 0.29) is 5.92 Å². The summed E-state index contributed by atoms with van der Waals surface area (Å²) in [7, 11) is 0. The van der Waals surface area contributed by atoms with Gasteiger partial charge >= 0.3 is 6.09 Å². The summed E-state index contributed by atoms with van der Waals surface area (Å²) in [5.41, 5.74) is 7.94. The van der Waals surface area contributed by atoms with Crippen LogP contribution < -0.4 is 0 Å². The normalized spacial score (nSPS) is 16.9. The van der Waals surface area contributed by atoms with Gasteiger partial charge in [0.15, 0.2) is 0 Å². The molecule has 0 radical (unpaired) electrons. The van der Waals surface area contributed by atoms with Crippen molar-refractivity contribution in [2.45, 2.75) is 0 Å². The van der Waals surface area contributed by atoms with E-state index in [4.69, 9.17) is 10.6 Å². The van der Waals surface area contributed by atoms with Crippen LogP contribution in [0.3, 0.4) is 0 Å². The smallest absolute Gasteiger partial charge is 0.407 e. The summed E-state index contributed by atoms with van der Waals surface area (Å²) in [5, 5.41) is 11.7. The molecule has 0 aromatic rings. The van der Waals surface area contributed by atoms with E-state index in [1.54, 1.807) is 0 Å². The monoisotopic (exact) mass is 156 g/mol. The molecule has 0 spiro atoms. The minimum absolute atomic E-state index is 0.224. The average molecular weight is 156 g/mol. The van der Waals surface area contributed by atoms with Crippen molar-refractivity contribution in [1.82, 2.24) is 4.90 Å². The highest BCUT2D eigenvalue weighted by Crippen LogP contribution is 2.15. The summed E-state index contributed by atoms with van der Waals surface area (Å²) >= 11 is 0. The Morgan fingerprint density at radius 1 is 1.82 bits per heavy atom. The third-order valence-electron chi connectivity index (χ3n) is 1.63. The molecular weight excluding hydrogens is 148 g/mol. The fraction of sp³-hybridized carbons (Fsp3) is 0.800. The number of rotatable bonds is 2. The maximum absolute atomic E-state index is 10.2. The van der Waals surface area contributed by atoms with Crippen LogP contribution >= 0.6 is 0 Å². The van der Waals surface area contributed by atoms with Crippen LogP contribution in [0, 0.1) is 5.92 Å². The van der Waals surface area contributed by atoms with E-state index in [2.05, 4.69) is 10.0 Å². The SMILES string of the molecule is [N-]=[N+]=NCC1CN(C(=O)O)C1. The molecule has 0 aromatic heterocycles. The van der Waals surface area contributed by atoms with Gasteiger partial charge < -0.3 is 10.0 Å². The van der Waals surface area contributed by atoms with Crippen molar-refractivity contribution in [2.75, 3.05) is 19.6 Å². The Labute approximate surface area is 63.0 Å². The molecule has 11 heavy (non-hydrogen) atoms. The number of azide groups is 1. The molecule has 6 heteroatoms. The van der Waals surface area contributed by atoms with Crippen LogP contribution in [0.5, 0.6) is 0 Å². The van der Waals surface area contributed by atoms with Crippen LogP contribution in [0.4, 0.5) is 4.79 Å². The molecule has 1 aliphatic rings. The predicted octanol–water partition coefficient (Wildman–Crippen LogP) is 0.907. The van der Waals surface area contributed by atoms with Crippen molar-refractivity contribution in [2.24, 2.45) is 11.0 Å². The molecule has 60 valence electrons. The van der Waals surface area contributed by atoms with Gasteiger partial charge in [-0.05, 0) is 11.4 Å². The second-order valence-corrected chi connectivity index (χ2v) is 2.47. The van der Waals surface area contributed by atoms with Gasteiger partial charge in [-0.2, -0.15) is 0 Å². The third kappa shape index (κ3) is 1.75. The molecule has 1 heterocycles. The number of hydrogen-bond donors (Lipinski definition) is 1. The number of nitrogens with zero attached hydrogens (tertiary/aromatic N) is 4. The Balaban J connectivity index is 2.19. The van der Waals surface area contributed by atoms with Crippen LogP contribution in [0.15, 0.2) is 5.11 Å². The van der Waals surface area contributed by atoms with Gasteiger partial charge in [0.05, 0.1) is 0 Å². The van der Waals surface area contributed by atoms with E-state index in [0.29, 0.717) is 19.6 Å². The molecule has 1 saturated heterocycles. The van der Waals surface area contributed by atoms with Gasteiger partial charge in [0.25, 0.3) is 0 Å². The first kappa shape index (κ1) is 7.68. The topological polar surface area (TPSA) is 89.3 Å². The molecule has 0 unspecified atom stereocenters. The van der Waals surface area contributed by atoms with Gasteiger partial charge in [-0.3, -0.25) is 0 Å². The third-order valence-corrected chi connectivity index (χ3v) is 1.63. The summed E-state index contributed by atoms with van der Waals surface area (Å²) in [6.07, 6.45) is -0.901. The number of hydrogen-bond acceptors (Lipinski definition) is 2. The fourth-order valence-corrected chi connectivity index (χ4v) is 0.994. The number of carboxylic acid groups (broad SMARTS) is 1. The average Bonchev–Trinajstić information content (AvgIpc) is 1.84. The molecular formula is C5H8N4O2. The zero-order chi connectivity index (χ0) is 8.27. The molecule has 0 aliphatic carbocycles. The zero-order valence-electron chi connectivity index (χ0n) is 5.84. The summed E-state index contributed by atoms with van der Waals surface area (Å²) in [5.74, 6) is 0.224. The maximum atomic E-state index is 10.2. The summed E-state index contributed by atoms with van der Waals surface area (Å²) in [6.45, 7) is 1.39. The van der Waals surface area contributed by atoms with Crippen molar-refractivity contribution in [3.05, 3.63) is 10.4 Å². The Morgan fingerprint density at radius 2 is 2.45 bits per heavy atom. The Hall–Kier alpha value is -1.42. The minimum Gasteiger partial charge on any atom is -0.465 e. The van der Waals surface area contributed by atoms with Crippen LogP contribution in [0.25, 0.3) is 10.4 Å². The van der Waals surface area contributed by atoms with E-state index in [9.17, 15) is 4.79 Å². The van der Waals surface area contributed by atoms with E-state index < -0.39 is 6.09 Å². The quantitative estimate of drug-likeness (QED) is 0.365. The molecule has 6 nitrogen and oxygen atoms in total. The molecule has 1 N–H and O–H groups in total. The second-order valence-electron chi connectivity index (χ2n) is 2.47. The highest BCUT2D eigenvalue weighted by Gasteiger charge is 2.29. The Kier molecular flexibility index (Phi) is 2.18. The van der Waals surface area contributed by atoms with Crippen molar-refractivity contribution >= 4 is 6.09 Å². The van der Waals surface area contributed by atoms with Crippen molar-refractivity contribution < 1.29 is 9.90 Å². The van der Waals surface area contributed by atoms with E-state index >= 15 is 0 Å². The first-order valence-electron chi connectivity index (χ1n) is 3.22. The predicted molar refractivity (Wildman–Crippen MR) is 37.1 cm³/mol. The van der Waals surface area contributed by atoms with Gasteiger partial charge in [-0.1, -0.05) is 5.11 Å². The lowest BCUT2D eigenvalue weighted by atomic mass is 10.0. The molecule has 0 saturated carbocycles. The molecule has 0 aromatic carbocycles. The second kappa shape index (κ2) is 3.12. The van der Waals surface area contributed by atoms with Crippen molar-refractivity contribution in [1.29, 1.82) is 0 Å². The van der Waals surface area contributed by atoms with Crippen LogP contribution in [0.2, 0.25) is 0 Å². The molecule has 0 atom stereocenters. The van der Waals surface area contributed by atoms with Crippen LogP contribution in [-0.2, 0) is 0 Å². The van der Waals surface area contributed by atoms with E-state index in [1.165, 1.54) is 4.90 Å². The first-order valence-corrected chi connectivity index (χ1v) is 3.22. The van der Waals surface area contributed by atoms with Gasteiger partial charge in [0.1, 0.15) is 0 Å². The van der Waals surface area contributed by atoms with Gasteiger partial charge in [-0.25, -0.2) is 4.79 Å². The maximum Gasteiger partial charge on any atom is 0.407 e. The molecule has 0 bridgehead atoms. The zero-order valence-corrected chi connectivity index (χ0v) is 5.84. The van der Waals surface area contributed by atoms with Gasteiger partial charge in [0.2, 0.25) is 0 Å². The van der Waals surface area contributed by atoms with E-state index in [0.717, 1.165) is 0 Å². The lowest BCUT2D eigenvalue weighted by Crippen LogP contribution is -2.50. The lowest BCUT2D eigenvalue weighted by Gasteiger charge is -2.36. The van der Waals surface area contributed by atoms with Crippen LogP contribution in [0.1, 0.15) is 0 Å². The number of carbonyl (C=O) groups is 1. The van der Waals surface area contributed by atoms with Crippen molar-refractivity contribution in [3.63, 3.8) is 0 Å². The Morgan fingerprint density at radius 3 is 2.91 bits per heavy atom. The molecule has 1 aliphatic heterocycles. The van der Waals surface area contributed by atoms with Crippen LogP contribution in [-0.4, -0.2) is 35.7 Å². The number of likely N-dealkylation sites (tertiary alicyclic amines) is 1. The first-order chi connectivity index (χ1) is 5.24. The highest BCUT2D eigenvalue weighted by molar-refractivity contribution is 5.65. The summed E-state index contributed by atoms with van der Waals surface area (Å²) in [6, 6.07) is 0. The fourth-order valence-electron chi connectivity index (χ4n) is 0.994. The van der Waals surface area contributed by atoms with Gasteiger partial charge in [0, 0.05) is 24.5 Å². The minimum atomic E-state index is -0.901. The molecule has 1 fully saturated rings. The molecule has 1 rings (SSSR count). The van der Waals surface area contributed by atoms with Crippen molar-refractivity contribution in [3.8, 4) is 0 Å². The lowest BCUT2D eigenvalue weighted by molar-refractivity contribution is 0.0850. The number of amides is 1. The Bertz CT molecular complexity index is 205. The molecule has 1 amide bonds. The van der Waals surface area contributed by atoms with Gasteiger partial charge in [-0.15, -0.1) is 0 Å². The largest absolute Gasteiger partial charge is 0.465 e. The van der Waals surface area contributed by atoms with E-state index in [1.807, 2.05) is 0 Å². The summed E-state index contributed by atoms with van der Waals surface area (Å²) < 4.78 is 0. The standard InChI is InChI=1S/C5H8N4O2/c6-8-7-1-4-2-9(3-4)5(10)11/h4H,1-3H2,(H,10,11).